The van der Waals surface area contributed by atoms with E-state index in [0.717, 1.165) is 30.6 Å². The molecule has 2 aliphatic carbocycles. The summed E-state index contributed by atoms with van der Waals surface area (Å²) in [5, 5.41) is 0. The van der Waals surface area contributed by atoms with Crippen LogP contribution in [0.2, 0.25) is 0 Å². The first-order valence-corrected chi connectivity index (χ1v) is 11.4. The van der Waals surface area contributed by atoms with Gasteiger partial charge in [-0.3, -0.25) is 9.59 Å². The lowest BCUT2D eigenvalue weighted by Gasteiger charge is -2.48. The Kier molecular flexibility index (Phi) is 5.18. The van der Waals surface area contributed by atoms with Crippen LogP contribution in [0, 0.1) is 29.1 Å². The van der Waals surface area contributed by atoms with Crippen LogP contribution in [-0.4, -0.2) is 9.36 Å². The molecule has 4 heteroatoms. The Morgan fingerprint density at radius 3 is 2.57 bits per heavy atom. The Labute approximate surface area is 168 Å². The first kappa shape index (κ1) is 19.7. The molecule has 1 aromatic heterocycles. The van der Waals surface area contributed by atoms with Crippen LogP contribution in [-0.2, 0) is 6.54 Å². The van der Waals surface area contributed by atoms with Crippen LogP contribution in [0.1, 0.15) is 78.7 Å². The average molecular weight is 385 g/mol. The summed E-state index contributed by atoms with van der Waals surface area (Å²) in [5.74, 6) is 2.92. The van der Waals surface area contributed by atoms with E-state index in [-0.39, 0.29) is 17.2 Å². The predicted octanol–water partition coefficient (Wildman–Crippen LogP) is 4.78. The zero-order valence-electron chi connectivity index (χ0n) is 18.0. The number of aromatic nitrogens is 2. The van der Waals surface area contributed by atoms with E-state index in [1.807, 2.05) is 0 Å². The molecular weight excluding hydrogens is 348 g/mol. The van der Waals surface area contributed by atoms with Crippen LogP contribution in [0.5, 0.6) is 0 Å². The fourth-order valence-electron chi connectivity index (χ4n) is 6.77. The van der Waals surface area contributed by atoms with Crippen molar-refractivity contribution in [2.75, 3.05) is 0 Å². The number of hydrogen-bond acceptors (Lipinski definition) is 2. The largest absolute Gasteiger partial charge is 0.268 e. The summed E-state index contributed by atoms with van der Waals surface area (Å²) < 4.78 is 3.40. The van der Waals surface area contributed by atoms with E-state index in [2.05, 4.69) is 33.8 Å². The van der Waals surface area contributed by atoms with Gasteiger partial charge in [0.05, 0.1) is 12.6 Å². The standard InChI is InChI=1S/C24H36N2O2/c1-16(2)6-5-7-17(3)19-8-9-20-18-13-15-25-22(27)10-11-23(28)26(25)21(18)12-14-24(19,20)4/h10-11,13,16-17,19-21H,5-9,12,14-15H2,1-4H3/t17-,19-,20+,21-,24-/m1/s1. The summed E-state index contributed by atoms with van der Waals surface area (Å²) in [6.45, 7) is 10.2. The van der Waals surface area contributed by atoms with Gasteiger partial charge < -0.3 is 0 Å². The number of nitrogens with zero attached hydrogens (tertiary/aromatic N) is 2. The molecule has 0 N–H and O–H groups in total. The second-order valence-electron chi connectivity index (χ2n) is 10.2. The molecule has 28 heavy (non-hydrogen) atoms. The SMILES string of the molecule is CC(C)CCC[C@@H](C)[C@H]1CC[C@H]2C3=CCn4c(=O)ccc(=O)n4[C@@H]3CC[C@]12C. The van der Waals surface area contributed by atoms with E-state index >= 15 is 0 Å². The molecule has 2 fully saturated rings. The Hall–Kier alpha value is -1.58. The fourth-order valence-corrected chi connectivity index (χ4v) is 6.77. The van der Waals surface area contributed by atoms with Crippen molar-refractivity contribution in [1.29, 1.82) is 0 Å². The van der Waals surface area contributed by atoms with Crippen LogP contribution in [0.15, 0.2) is 33.4 Å². The monoisotopic (exact) mass is 384 g/mol. The van der Waals surface area contributed by atoms with E-state index in [1.165, 1.54) is 49.8 Å². The Morgan fingerprint density at radius 2 is 1.82 bits per heavy atom. The molecule has 154 valence electrons. The van der Waals surface area contributed by atoms with Gasteiger partial charge in [0.2, 0.25) is 0 Å². The molecule has 2 saturated carbocycles. The maximum atomic E-state index is 12.6. The third-order valence-corrected chi connectivity index (χ3v) is 8.18. The van der Waals surface area contributed by atoms with Gasteiger partial charge in [-0.05, 0) is 60.3 Å². The highest BCUT2D eigenvalue weighted by Crippen LogP contribution is 2.62. The summed E-state index contributed by atoms with van der Waals surface area (Å²) in [4.78, 5) is 24.8. The number of fused-ring (bicyclic) bond motifs is 5. The minimum atomic E-state index is -0.0636. The Morgan fingerprint density at radius 1 is 1.07 bits per heavy atom. The lowest BCUT2D eigenvalue weighted by atomic mass is 9.59. The zero-order chi connectivity index (χ0) is 20.1. The average Bonchev–Trinajstić information content (AvgIpc) is 3.01. The molecule has 0 bridgehead atoms. The molecule has 4 nitrogen and oxygen atoms in total. The van der Waals surface area contributed by atoms with Gasteiger partial charge in [0, 0.05) is 12.1 Å². The molecule has 0 saturated heterocycles. The molecule has 3 aliphatic rings. The molecule has 5 atom stereocenters. The first-order valence-electron chi connectivity index (χ1n) is 11.4. The van der Waals surface area contributed by atoms with Gasteiger partial charge in [0.25, 0.3) is 11.1 Å². The summed E-state index contributed by atoms with van der Waals surface area (Å²) in [6.07, 6.45) is 11.0. The molecular formula is C24H36N2O2. The molecule has 4 rings (SSSR count). The van der Waals surface area contributed by atoms with Crippen LogP contribution < -0.4 is 11.1 Å². The Balaban J connectivity index is 1.57. The summed E-state index contributed by atoms with van der Waals surface area (Å²) >= 11 is 0. The second kappa shape index (κ2) is 7.35. The first-order chi connectivity index (χ1) is 13.3. The van der Waals surface area contributed by atoms with Gasteiger partial charge in [0.15, 0.2) is 0 Å². The number of allylic oxidation sites excluding steroid dienone is 2. The van der Waals surface area contributed by atoms with Crippen LogP contribution >= 0.6 is 0 Å². The lowest BCUT2D eigenvalue weighted by molar-refractivity contribution is 0.0712. The van der Waals surface area contributed by atoms with Crippen LogP contribution in [0.25, 0.3) is 0 Å². The number of rotatable bonds is 5. The van der Waals surface area contributed by atoms with Crippen molar-refractivity contribution in [2.45, 2.75) is 85.2 Å². The molecule has 0 spiro atoms. The van der Waals surface area contributed by atoms with Gasteiger partial charge in [-0.15, -0.1) is 0 Å². The van der Waals surface area contributed by atoms with Crippen LogP contribution in [0.3, 0.4) is 0 Å². The lowest BCUT2D eigenvalue weighted by Crippen LogP contribution is -2.47. The second-order valence-corrected chi connectivity index (χ2v) is 10.2. The zero-order valence-corrected chi connectivity index (χ0v) is 18.0. The third-order valence-electron chi connectivity index (χ3n) is 8.18. The maximum Gasteiger partial charge on any atom is 0.265 e. The van der Waals surface area contributed by atoms with E-state index in [0.29, 0.717) is 17.9 Å². The number of hydrogen-bond donors (Lipinski definition) is 0. The minimum Gasteiger partial charge on any atom is -0.268 e. The van der Waals surface area contributed by atoms with Crippen molar-refractivity contribution in [1.82, 2.24) is 9.36 Å². The molecule has 0 aromatic carbocycles. The highest BCUT2D eigenvalue weighted by Gasteiger charge is 2.53. The van der Waals surface area contributed by atoms with E-state index in [9.17, 15) is 9.59 Å². The van der Waals surface area contributed by atoms with Crippen molar-refractivity contribution in [3.63, 3.8) is 0 Å². The van der Waals surface area contributed by atoms with Crippen molar-refractivity contribution in [3.05, 3.63) is 44.5 Å². The topological polar surface area (TPSA) is 44.0 Å². The summed E-state index contributed by atoms with van der Waals surface area (Å²) in [6, 6.07) is 2.95. The molecule has 1 aliphatic heterocycles. The summed E-state index contributed by atoms with van der Waals surface area (Å²) in [7, 11) is 0. The van der Waals surface area contributed by atoms with Crippen LogP contribution in [0.4, 0.5) is 0 Å². The normalized spacial score (nSPS) is 32.5. The van der Waals surface area contributed by atoms with Crippen molar-refractivity contribution < 1.29 is 0 Å². The van der Waals surface area contributed by atoms with E-state index < -0.39 is 0 Å². The van der Waals surface area contributed by atoms with E-state index in [4.69, 9.17) is 0 Å². The highest BCUT2D eigenvalue weighted by atomic mass is 16.2. The maximum absolute atomic E-state index is 12.6. The quantitative estimate of drug-likeness (QED) is 0.686. The van der Waals surface area contributed by atoms with E-state index in [1.54, 1.807) is 9.36 Å². The van der Waals surface area contributed by atoms with Crippen molar-refractivity contribution >= 4 is 0 Å². The van der Waals surface area contributed by atoms with Crippen molar-refractivity contribution in [2.24, 2.45) is 29.1 Å². The van der Waals surface area contributed by atoms with Crippen molar-refractivity contribution in [3.8, 4) is 0 Å². The Bertz CT molecular complexity index is 877. The smallest absolute Gasteiger partial charge is 0.265 e. The van der Waals surface area contributed by atoms with Gasteiger partial charge in [-0.1, -0.05) is 53.0 Å². The van der Waals surface area contributed by atoms with Gasteiger partial charge in [-0.25, -0.2) is 9.36 Å². The van der Waals surface area contributed by atoms with Gasteiger partial charge >= 0.3 is 0 Å². The fraction of sp³-hybridized carbons (Fsp3) is 0.750. The predicted molar refractivity (Wildman–Crippen MR) is 113 cm³/mol. The highest BCUT2D eigenvalue weighted by molar-refractivity contribution is 5.25. The summed E-state index contributed by atoms with van der Waals surface area (Å²) in [5.41, 5.74) is 1.69. The molecule has 0 amide bonds. The van der Waals surface area contributed by atoms with Gasteiger partial charge in [0.1, 0.15) is 0 Å². The minimum absolute atomic E-state index is 0.0320. The molecule has 0 unspecified atom stereocenters. The third kappa shape index (κ3) is 3.13. The molecule has 0 radical (unpaired) electrons. The van der Waals surface area contributed by atoms with Gasteiger partial charge in [-0.2, -0.15) is 0 Å². The molecule has 2 heterocycles. The molecule has 1 aromatic rings.